The Morgan fingerprint density at radius 3 is 1.90 bits per heavy atom. The van der Waals surface area contributed by atoms with E-state index in [2.05, 4.69) is 26.7 Å². The molecule has 0 amide bonds. The van der Waals surface area contributed by atoms with E-state index in [1.54, 1.807) is 30.3 Å². The van der Waals surface area contributed by atoms with Crippen LogP contribution in [-0.2, 0) is 21.2 Å². The second-order valence-corrected chi connectivity index (χ2v) is 10.4. The fraction of sp³-hybridized carbons (Fsp3) is 0.259. The Morgan fingerprint density at radius 2 is 1.38 bits per heavy atom. The molecular weight excluding hydrogens is 551 g/mol. The zero-order valence-corrected chi connectivity index (χ0v) is 22.2. The highest BCUT2D eigenvalue weighted by molar-refractivity contribution is 7.92. The van der Waals surface area contributed by atoms with E-state index in [-0.39, 0.29) is 16.1 Å². The number of aliphatic carboxylic acids is 1. The van der Waals surface area contributed by atoms with Gasteiger partial charge in [-0.2, -0.15) is 13.2 Å². The smallest absolute Gasteiger partial charge is 0.478 e. The monoisotopic (exact) mass is 579 g/mol. The highest BCUT2D eigenvalue weighted by atomic mass is 32.2. The molecule has 1 saturated heterocycles. The molecule has 0 aliphatic carbocycles. The number of nitrogens with zero attached hydrogens (tertiary/aromatic N) is 2. The predicted octanol–water partition coefficient (Wildman–Crippen LogP) is 4.71. The minimum Gasteiger partial charge on any atom is -0.478 e. The number of nitrogens with one attached hydrogen (secondary N) is 1. The first-order chi connectivity index (χ1) is 18.8. The summed E-state index contributed by atoms with van der Waals surface area (Å²) in [6.45, 7) is 4.98. The van der Waals surface area contributed by atoms with Gasteiger partial charge in [0, 0.05) is 37.6 Å². The first-order valence-corrected chi connectivity index (χ1v) is 13.6. The van der Waals surface area contributed by atoms with Gasteiger partial charge in [-0.25, -0.2) is 18.0 Å². The number of rotatable bonds is 7. The van der Waals surface area contributed by atoms with Crippen LogP contribution < -0.4 is 14.5 Å². The molecule has 40 heavy (non-hydrogen) atoms. The lowest BCUT2D eigenvalue weighted by molar-refractivity contribution is -0.192. The Labute approximate surface area is 229 Å². The fourth-order valence-corrected chi connectivity index (χ4v) is 5.51. The van der Waals surface area contributed by atoms with Gasteiger partial charge >= 0.3 is 18.1 Å². The van der Waals surface area contributed by atoms with Crippen molar-refractivity contribution in [2.45, 2.75) is 24.4 Å². The van der Waals surface area contributed by atoms with Gasteiger partial charge in [0.2, 0.25) is 0 Å². The average molecular weight is 580 g/mol. The second kappa shape index (κ2) is 12.7. The highest BCUT2D eigenvalue weighted by Crippen LogP contribution is 2.28. The molecule has 0 radical (unpaired) electrons. The Hall–Kier alpha value is -4.26. The molecule has 1 aliphatic heterocycles. The molecule has 13 heteroatoms. The molecular formula is C27H28F3N3O6S. The topological polar surface area (TPSA) is 127 Å². The summed E-state index contributed by atoms with van der Waals surface area (Å²) in [6.07, 6.45) is -4.53. The molecule has 9 nitrogen and oxygen atoms in total. The molecule has 1 aliphatic rings. The van der Waals surface area contributed by atoms with E-state index < -0.39 is 28.1 Å². The number of aromatic carboxylic acids is 1. The van der Waals surface area contributed by atoms with E-state index in [9.17, 15) is 31.5 Å². The summed E-state index contributed by atoms with van der Waals surface area (Å²) < 4.78 is 60.2. The van der Waals surface area contributed by atoms with Gasteiger partial charge in [-0.1, -0.05) is 43.3 Å². The second-order valence-electron chi connectivity index (χ2n) is 8.71. The number of para-hydroxylation sites is 1. The molecule has 214 valence electrons. The molecule has 0 saturated carbocycles. The quantitative estimate of drug-likeness (QED) is 0.368. The van der Waals surface area contributed by atoms with Gasteiger partial charge in [0.15, 0.2) is 0 Å². The molecule has 4 rings (SSSR count). The van der Waals surface area contributed by atoms with Crippen LogP contribution in [0.15, 0.2) is 77.7 Å². The summed E-state index contributed by atoms with van der Waals surface area (Å²) in [5.74, 6) is -3.94. The zero-order chi connectivity index (χ0) is 29.5. The lowest BCUT2D eigenvalue weighted by atomic mass is 10.1. The maximum absolute atomic E-state index is 13.0. The van der Waals surface area contributed by atoms with Gasteiger partial charge in [0.1, 0.15) is 0 Å². The number of piperazine rings is 1. The maximum atomic E-state index is 13.0. The van der Waals surface area contributed by atoms with Crippen molar-refractivity contribution in [3.05, 3.63) is 83.9 Å². The Balaban J connectivity index is 0.000000559. The first kappa shape index (κ1) is 30.3. The normalized spacial score (nSPS) is 13.7. The standard InChI is InChI=1S/C25H27N3O4S.C2HF3O2/c1-2-19-8-6-7-11-24(19)33(31,32)26-23-13-12-21(18-22(23)25(29)30)28-16-14-27(15-17-28)20-9-4-3-5-10-20;3-2(4,5)1(6)7/h3-13,18,26H,2,14-17H2,1H3,(H,29,30);(H,6,7). The number of anilines is 3. The van der Waals surface area contributed by atoms with Crippen LogP contribution in [0.25, 0.3) is 0 Å². The van der Waals surface area contributed by atoms with Gasteiger partial charge in [-0.3, -0.25) is 4.72 Å². The van der Waals surface area contributed by atoms with Crippen LogP contribution in [0.2, 0.25) is 0 Å². The molecule has 0 spiro atoms. The molecule has 3 aromatic rings. The molecule has 0 unspecified atom stereocenters. The van der Waals surface area contributed by atoms with Crippen LogP contribution in [0.3, 0.4) is 0 Å². The van der Waals surface area contributed by atoms with Gasteiger partial charge < -0.3 is 20.0 Å². The molecule has 3 aromatic carbocycles. The number of aryl methyl sites for hydroxylation is 1. The van der Waals surface area contributed by atoms with Crippen LogP contribution in [0, 0.1) is 0 Å². The van der Waals surface area contributed by atoms with Crippen LogP contribution >= 0.6 is 0 Å². The molecule has 0 aromatic heterocycles. The summed E-state index contributed by atoms with van der Waals surface area (Å²) in [5, 5.41) is 16.9. The third-order valence-electron chi connectivity index (χ3n) is 6.13. The van der Waals surface area contributed by atoms with Crippen molar-refractivity contribution >= 4 is 39.0 Å². The minimum atomic E-state index is -5.08. The van der Waals surface area contributed by atoms with E-state index in [0.717, 1.165) is 31.9 Å². The first-order valence-electron chi connectivity index (χ1n) is 12.2. The largest absolute Gasteiger partial charge is 0.490 e. The highest BCUT2D eigenvalue weighted by Gasteiger charge is 2.38. The SMILES string of the molecule is CCc1ccccc1S(=O)(=O)Nc1ccc(N2CCN(c3ccccc3)CC2)cc1C(=O)O.O=C(O)C(F)(F)F. The number of carboxylic acids is 2. The molecule has 3 N–H and O–H groups in total. The van der Waals surface area contributed by atoms with Gasteiger partial charge in [-0.05, 0) is 48.4 Å². The van der Waals surface area contributed by atoms with Crippen molar-refractivity contribution in [1.29, 1.82) is 0 Å². The number of hydrogen-bond donors (Lipinski definition) is 3. The van der Waals surface area contributed by atoms with Crippen LogP contribution in [-0.4, -0.2) is 62.9 Å². The van der Waals surface area contributed by atoms with Crippen molar-refractivity contribution in [2.24, 2.45) is 0 Å². The third kappa shape index (κ3) is 7.65. The third-order valence-corrected chi connectivity index (χ3v) is 7.60. The van der Waals surface area contributed by atoms with Gasteiger partial charge in [0.05, 0.1) is 16.1 Å². The van der Waals surface area contributed by atoms with Crippen molar-refractivity contribution in [3.8, 4) is 0 Å². The van der Waals surface area contributed by atoms with E-state index in [1.165, 1.54) is 17.8 Å². The van der Waals surface area contributed by atoms with E-state index in [1.807, 2.05) is 25.1 Å². The number of hydrogen-bond acceptors (Lipinski definition) is 6. The van der Waals surface area contributed by atoms with Crippen LogP contribution in [0.5, 0.6) is 0 Å². The van der Waals surface area contributed by atoms with Gasteiger partial charge in [-0.15, -0.1) is 0 Å². The zero-order valence-electron chi connectivity index (χ0n) is 21.4. The maximum Gasteiger partial charge on any atom is 0.490 e. The Bertz CT molecular complexity index is 1440. The predicted molar refractivity (Wildman–Crippen MR) is 145 cm³/mol. The van der Waals surface area contributed by atoms with Gasteiger partial charge in [0.25, 0.3) is 10.0 Å². The fourth-order valence-electron chi connectivity index (χ4n) is 4.11. The van der Waals surface area contributed by atoms with Crippen molar-refractivity contribution in [2.75, 3.05) is 40.7 Å². The lowest BCUT2D eigenvalue weighted by Gasteiger charge is -2.37. The summed E-state index contributed by atoms with van der Waals surface area (Å²) in [7, 11) is -3.92. The minimum absolute atomic E-state index is 0.0556. The molecule has 0 bridgehead atoms. The Morgan fingerprint density at radius 1 is 0.850 bits per heavy atom. The molecule has 1 heterocycles. The number of benzene rings is 3. The van der Waals surface area contributed by atoms with Crippen LogP contribution in [0.1, 0.15) is 22.8 Å². The number of carboxylic acid groups (broad SMARTS) is 2. The Kier molecular flexibility index (Phi) is 9.64. The van der Waals surface area contributed by atoms with Crippen LogP contribution in [0.4, 0.5) is 30.2 Å². The summed E-state index contributed by atoms with van der Waals surface area (Å²) in [5.41, 5.74) is 2.59. The molecule has 1 fully saturated rings. The number of sulfonamides is 1. The molecule has 0 atom stereocenters. The van der Waals surface area contributed by atoms with Crippen molar-refractivity contribution < 1.29 is 41.4 Å². The number of alkyl halides is 3. The van der Waals surface area contributed by atoms with E-state index in [4.69, 9.17) is 9.90 Å². The average Bonchev–Trinajstić information content (AvgIpc) is 2.93. The number of carbonyl (C=O) groups is 2. The lowest BCUT2D eigenvalue weighted by Crippen LogP contribution is -2.46. The van der Waals surface area contributed by atoms with E-state index in [0.29, 0.717) is 12.0 Å². The van der Waals surface area contributed by atoms with E-state index >= 15 is 0 Å². The summed E-state index contributed by atoms with van der Waals surface area (Å²) in [4.78, 5) is 25.4. The van der Waals surface area contributed by atoms with Crippen molar-refractivity contribution in [1.82, 2.24) is 0 Å². The summed E-state index contributed by atoms with van der Waals surface area (Å²) >= 11 is 0. The summed E-state index contributed by atoms with van der Waals surface area (Å²) in [6, 6.07) is 21.8. The number of halogens is 3. The van der Waals surface area contributed by atoms with Crippen molar-refractivity contribution in [3.63, 3.8) is 0 Å².